The molecule has 1 aliphatic rings. The van der Waals surface area contributed by atoms with Crippen molar-refractivity contribution in [3.05, 3.63) is 11.3 Å². The lowest BCUT2D eigenvalue weighted by Gasteiger charge is -2.21. The van der Waals surface area contributed by atoms with Gasteiger partial charge in [0, 0.05) is 11.3 Å². The molecular formula is C13H23N3. The van der Waals surface area contributed by atoms with E-state index >= 15 is 0 Å². The van der Waals surface area contributed by atoms with E-state index < -0.39 is 0 Å². The quantitative estimate of drug-likeness (QED) is 0.823. The van der Waals surface area contributed by atoms with Gasteiger partial charge in [0.25, 0.3) is 0 Å². The molecule has 16 heavy (non-hydrogen) atoms. The lowest BCUT2D eigenvalue weighted by molar-refractivity contribution is 0.353. The highest BCUT2D eigenvalue weighted by atomic mass is 15.2. The number of aromatic nitrogens is 2. The number of anilines is 1. The van der Waals surface area contributed by atoms with E-state index in [0.29, 0.717) is 11.7 Å². The van der Waals surface area contributed by atoms with E-state index in [2.05, 4.69) is 24.0 Å². The molecule has 0 aliphatic heterocycles. The first-order valence-corrected chi connectivity index (χ1v) is 6.51. The molecule has 1 aromatic heterocycles. The SMILES string of the molecule is CC(C)c1c(N)n[nH]c1CC1CCCCC1. The number of nitrogen functional groups attached to an aromatic ring is 1. The summed E-state index contributed by atoms with van der Waals surface area (Å²) < 4.78 is 0. The van der Waals surface area contributed by atoms with Crippen LogP contribution in [0.15, 0.2) is 0 Å². The highest BCUT2D eigenvalue weighted by Gasteiger charge is 2.19. The third-order valence-electron chi connectivity index (χ3n) is 3.71. The minimum atomic E-state index is 0.470. The van der Waals surface area contributed by atoms with Gasteiger partial charge in [-0.15, -0.1) is 0 Å². The molecule has 3 heteroatoms. The van der Waals surface area contributed by atoms with Gasteiger partial charge in [-0.25, -0.2) is 0 Å². The third kappa shape index (κ3) is 2.39. The number of hydrogen-bond acceptors (Lipinski definition) is 2. The van der Waals surface area contributed by atoms with E-state index in [1.54, 1.807) is 0 Å². The van der Waals surface area contributed by atoms with Gasteiger partial charge in [-0.3, -0.25) is 5.10 Å². The smallest absolute Gasteiger partial charge is 0.148 e. The number of H-pyrrole nitrogens is 1. The predicted molar refractivity (Wildman–Crippen MR) is 67.4 cm³/mol. The molecule has 0 bridgehead atoms. The standard InChI is InChI=1S/C13H23N3/c1-9(2)12-11(15-16-13(12)14)8-10-6-4-3-5-7-10/h9-10H,3-8H2,1-2H3,(H3,14,15,16). The first-order valence-electron chi connectivity index (χ1n) is 6.51. The van der Waals surface area contributed by atoms with Gasteiger partial charge in [0.2, 0.25) is 0 Å². The normalized spacial score (nSPS) is 18.2. The summed E-state index contributed by atoms with van der Waals surface area (Å²) in [5.41, 5.74) is 8.42. The summed E-state index contributed by atoms with van der Waals surface area (Å²) >= 11 is 0. The zero-order valence-corrected chi connectivity index (χ0v) is 10.4. The second kappa shape index (κ2) is 4.89. The molecule has 1 aliphatic carbocycles. The lowest BCUT2D eigenvalue weighted by atomic mass is 9.84. The summed E-state index contributed by atoms with van der Waals surface area (Å²) in [6.45, 7) is 4.37. The molecule has 0 spiro atoms. The minimum Gasteiger partial charge on any atom is -0.382 e. The fourth-order valence-electron chi connectivity index (χ4n) is 2.88. The van der Waals surface area contributed by atoms with Crippen molar-refractivity contribution < 1.29 is 0 Å². The lowest BCUT2D eigenvalue weighted by Crippen LogP contribution is -2.11. The Bertz CT molecular complexity index is 335. The van der Waals surface area contributed by atoms with E-state index in [1.807, 2.05) is 0 Å². The molecule has 2 rings (SSSR count). The first-order chi connectivity index (χ1) is 7.68. The van der Waals surface area contributed by atoms with Crippen molar-refractivity contribution >= 4 is 5.82 Å². The maximum absolute atomic E-state index is 5.91. The number of hydrogen-bond donors (Lipinski definition) is 2. The van der Waals surface area contributed by atoms with Gasteiger partial charge in [-0.1, -0.05) is 46.0 Å². The molecule has 3 N–H and O–H groups in total. The third-order valence-corrected chi connectivity index (χ3v) is 3.71. The molecule has 0 unspecified atom stereocenters. The van der Waals surface area contributed by atoms with Crippen LogP contribution in [-0.2, 0) is 6.42 Å². The van der Waals surface area contributed by atoms with Crippen LogP contribution in [0, 0.1) is 5.92 Å². The zero-order valence-electron chi connectivity index (χ0n) is 10.4. The van der Waals surface area contributed by atoms with Gasteiger partial charge in [-0.2, -0.15) is 5.10 Å². The van der Waals surface area contributed by atoms with Crippen molar-refractivity contribution in [2.75, 3.05) is 5.73 Å². The molecule has 0 radical (unpaired) electrons. The van der Waals surface area contributed by atoms with Gasteiger partial charge in [0.15, 0.2) is 0 Å². The van der Waals surface area contributed by atoms with Crippen molar-refractivity contribution in [2.24, 2.45) is 5.92 Å². The second-order valence-electron chi connectivity index (χ2n) is 5.36. The van der Waals surface area contributed by atoms with Gasteiger partial charge in [-0.05, 0) is 18.3 Å². The molecule has 0 amide bonds. The number of nitrogens with two attached hydrogens (primary N) is 1. The molecule has 90 valence electrons. The molecule has 1 fully saturated rings. The van der Waals surface area contributed by atoms with E-state index in [1.165, 1.54) is 43.4 Å². The van der Waals surface area contributed by atoms with Crippen LogP contribution >= 0.6 is 0 Å². The van der Waals surface area contributed by atoms with E-state index in [9.17, 15) is 0 Å². The molecular weight excluding hydrogens is 198 g/mol. The van der Waals surface area contributed by atoms with Crippen molar-refractivity contribution in [1.82, 2.24) is 10.2 Å². The topological polar surface area (TPSA) is 54.7 Å². The average molecular weight is 221 g/mol. The molecule has 1 saturated carbocycles. The summed E-state index contributed by atoms with van der Waals surface area (Å²) in [5, 5.41) is 7.28. The fraction of sp³-hybridized carbons (Fsp3) is 0.769. The second-order valence-corrected chi connectivity index (χ2v) is 5.36. The number of rotatable bonds is 3. The summed E-state index contributed by atoms with van der Waals surface area (Å²) in [7, 11) is 0. The minimum absolute atomic E-state index is 0.470. The van der Waals surface area contributed by atoms with Gasteiger partial charge in [0.05, 0.1) is 0 Å². The summed E-state index contributed by atoms with van der Waals surface area (Å²) in [5.74, 6) is 2.00. The number of aromatic amines is 1. The average Bonchev–Trinajstić information content (AvgIpc) is 2.61. The van der Waals surface area contributed by atoms with E-state index in [4.69, 9.17) is 5.73 Å². The Morgan fingerprint density at radius 3 is 2.62 bits per heavy atom. The summed E-state index contributed by atoms with van der Waals surface area (Å²) in [6.07, 6.45) is 8.08. The van der Waals surface area contributed by atoms with Crippen molar-refractivity contribution in [2.45, 2.75) is 58.3 Å². The van der Waals surface area contributed by atoms with Crippen LogP contribution < -0.4 is 5.73 Å². The Morgan fingerprint density at radius 2 is 2.00 bits per heavy atom. The zero-order chi connectivity index (χ0) is 11.5. The van der Waals surface area contributed by atoms with Crippen LogP contribution in [0.4, 0.5) is 5.82 Å². The summed E-state index contributed by atoms with van der Waals surface area (Å²) in [4.78, 5) is 0. The largest absolute Gasteiger partial charge is 0.382 e. The van der Waals surface area contributed by atoms with Crippen molar-refractivity contribution in [3.8, 4) is 0 Å². The van der Waals surface area contributed by atoms with E-state index in [0.717, 1.165) is 12.3 Å². The van der Waals surface area contributed by atoms with E-state index in [-0.39, 0.29) is 0 Å². The van der Waals surface area contributed by atoms with Gasteiger partial charge < -0.3 is 5.73 Å². The molecule has 0 saturated heterocycles. The maximum Gasteiger partial charge on any atom is 0.148 e. The van der Waals surface area contributed by atoms with Crippen LogP contribution in [0.1, 0.15) is 63.1 Å². The molecule has 0 atom stereocenters. The fourth-order valence-corrected chi connectivity index (χ4v) is 2.88. The maximum atomic E-state index is 5.91. The van der Waals surface area contributed by atoms with Crippen molar-refractivity contribution in [3.63, 3.8) is 0 Å². The molecule has 0 aromatic carbocycles. The van der Waals surface area contributed by atoms with Crippen molar-refractivity contribution in [1.29, 1.82) is 0 Å². The molecule has 3 nitrogen and oxygen atoms in total. The molecule has 1 aromatic rings. The predicted octanol–water partition coefficient (Wildman–Crippen LogP) is 3.24. The first kappa shape index (κ1) is 11.5. The number of nitrogens with one attached hydrogen (secondary N) is 1. The molecule has 1 heterocycles. The Kier molecular flexibility index (Phi) is 3.52. The number of nitrogens with zero attached hydrogens (tertiary/aromatic N) is 1. The van der Waals surface area contributed by atoms with Crippen LogP contribution in [-0.4, -0.2) is 10.2 Å². The van der Waals surface area contributed by atoms with Crippen LogP contribution in [0.2, 0.25) is 0 Å². The highest BCUT2D eigenvalue weighted by molar-refractivity contribution is 5.44. The van der Waals surface area contributed by atoms with Crippen LogP contribution in [0.25, 0.3) is 0 Å². The van der Waals surface area contributed by atoms with Gasteiger partial charge >= 0.3 is 0 Å². The Morgan fingerprint density at radius 1 is 1.31 bits per heavy atom. The van der Waals surface area contributed by atoms with Crippen LogP contribution in [0.3, 0.4) is 0 Å². The summed E-state index contributed by atoms with van der Waals surface area (Å²) in [6, 6.07) is 0. The highest BCUT2D eigenvalue weighted by Crippen LogP contribution is 2.30. The van der Waals surface area contributed by atoms with Gasteiger partial charge in [0.1, 0.15) is 5.82 Å². The Labute approximate surface area is 97.8 Å². The monoisotopic (exact) mass is 221 g/mol. The van der Waals surface area contributed by atoms with Crippen LogP contribution in [0.5, 0.6) is 0 Å². The Balaban J connectivity index is 2.08. The Hall–Kier alpha value is -0.990.